The van der Waals surface area contributed by atoms with Gasteiger partial charge in [0.25, 0.3) is 5.91 Å². The molecule has 2 aromatic rings. The monoisotopic (exact) mass is 393 g/mol. The minimum atomic E-state index is -0.228. The second-order valence-electron chi connectivity index (χ2n) is 8.16. The van der Waals surface area contributed by atoms with Crippen LogP contribution in [0.5, 0.6) is 0 Å². The number of halogens is 1. The van der Waals surface area contributed by atoms with E-state index < -0.39 is 0 Å². The van der Waals surface area contributed by atoms with Crippen molar-refractivity contribution in [1.82, 2.24) is 19.9 Å². The summed E-state index contributed by atoms with van der Waals surface area (Å²) < 4.78 is 15.1. The number of allylic oxidation sites excluding steroid dienone is 3. The van der Waals surface area contributed by atoms with Crippen LogP contribution in [0.2, 0.25) is 0 Å². The Balaban J connectivity index is 1.63. The molecular weight excluding hydrogens is 369 g/mol. The van der Waals surface area contributed by atoms with E-state index in [1.54, 1.807) is 10.7 Å². The van der Waals surface area contributed by atoms with Gasteiger partial charge in [0.05, 0.1) is 17.6 Å². The molecule has 2 aliphatic heterocycles. The van der Waals surface area contributed by atoms with E-state index in [1.807, 2.05) is 18.3 Å². The van der Waals surface area contributed by atoms with Crippen molar-refractivity contribution in [2.75, 3.05) is 18.0 Å². The van der Waals surface area contributed by atoms with Crippen LogP contribution in [-0.2, 0) is 0 Å². The molecule has 0 unspecified atom stereocenters. The van der Waals surface area contributed by atoms with Crippen molar-refractivity contribution in [3.63, 3.8) is 0 Å². The molecule has 2 atom stereocenters. The number of nitrogens with one attached hydrogen (secondary N) is 1. The maximum atomic E-state index is 13.4. The molecule has 1 N–H and O–H groups in total. The fourth-order valence-corrected chi connectivity index (χ4v) is 4.90. The van der Waals surface area contributed by atoms with Crippen LogP contribution in [0.15, 0.2) is 54.2 Å². The number of nitrogens with zero attached hydrogens (tertiary/aromatic N) is 4. The van der Waals surface area contributed by atoms with Crippen LogP contribution in [0.1, 0.15) is 43.0 Å². The Morgan fingerprint density at radius 3 is 3.14 bits per heavy atom. The lowest BCUT2D eigenvalue weighted by atomic mass is 9.92. The third-order valence-corrected chi connectivity index (χ3v) is 6.46. The summed E-state index contributed by atoms with van der Waals surface area (Å²) in [5.41, 5.74) is 3.00. The summed E-state index contributed by atoms with van der Waals surface area (Å²) in [5.74, 6) is 0.979. The van der Waals surface area contributed by atoms with E-state index in [2.05, 4.69) is 21.9 Å². The summed E-state index contributed by atoms with van der Waals surface area (Å²) in [5, 5.41) is 7.22. The van der Waals surface area contributed by atoms with Crippen molar-refractivity contribution in [2.24, 2.45) is 5.92 Å². The molecule has 1 spiro atoms. The highest BCUT2D eigenvalue weighted by atomic mass is 19.1. The third-order valence-electron chi connectivity index (χ3n) is 6.46. The number of anilines is 1. The van der Waals surface area contributed by atoms with Gasteiger partial charge >= 0.3 is 0 Å². The van der Waals surface area contributed by atoms with E-state index in [-0.39, 0.29) is 17.3 Å². The molecule has 2 bridgehead atoms. The average molecular weight is 393 g/mol. The Morgan fingerprint density at radius 1 is 1.48 bits per heavy atom. The molecule has 1 saturated carbocycles. The third kappa shape index (κ3) is 2.79. The van der Waals surface area contributed by atoms with Crippen molar-refractivity contribution >= 4 is 17.4 Å². The van der Waals surface area contributed by atoms with Crippen molar-refractivity contribution in [3.05, 3.63) is 59.7 Å². The maximum absolute atomic E-state index is 13.4. The molecule has 1 aliphatic carbocycles. The first-order chi connectivity index (χ1) is 14.0. The Bertz CT molecular complexity index is 1080. The van der Waals surface area contributed by atoms with Crippen molar-refractivity contribution in [1.29, 1.82) is 0 Å². The molecule has 1 amide bonds. The molecule has 0 radical (unpaired) electrons. The molecule has 0 aromatic carbocycles. The predicted molar refractivity (Wildman–Crippen MR) is 109 cm³/mol. The minimum Gasteiger partial charge on any atom is -0.352 e. The zero-order valence-corrected chi connectivity index (χ0v) is 16.5. The van der Waals surface area contributed by atoms with Crippen LogP contribution in [0, 0.1) is 5.92 Å². The molecule has 29 heavy (non-hydrogen) atoms. The topological polar surface area (TPSA) is 62.5 Å². The molecule has 7 heteroatoms. The first-order valence-electron chi connectivity index (χ1n) is 10.1. The van der Waals surface area contributed by atoms with Crippen molar-refractivity contribution in [2.45, 2.75) is 38.1 Å². The van der Waals surface area contributed by atoms with E-state index in [4.69, 9.17) is 4.98 Å². The number of hydrogen-bond donors (Lipinski definition) is 1. The summed E-state index contributed by atoms with van der Waals surface area (Å²) in [6.07, 6.45) is 10.4. The van der Waals surface area contributed by atoms with Crippen molar-refractivity contribution < 1.29 is 9.18 Å². The molecule has 4 heterocycles. The van der Waals surface area contributed by atoms with Gasteiger partial charge in [-0.3, -0.25) is 4.79 Å². The zero-order valence-electron chi connectivity index (χ0n) is 16.5. The summed E-state index contributed by atoms with van der Waals surface area (Å²) in [7, 11) is 0. The molecule has 150 valence electrons. The number of aromatic nitrogens is 3. The van der Waals surface area contributed by atoms with Crippen molar-refractivity contribution in [3.8, 4) is 0 Å². The Kier molecular flexibility index (Phi) is 4.08. The number of hydrogen-bond acceptors (Lipinski definition) is 4. The Morgan fingerprint density at radius 2 is 2.34 bits per heavy atom. The molecule has 2 aromatic heterocycles. The lowest BCUT2D eigenvalue weighted by Crippen LogP contribution is -2.37. The quantitative estimate of drug-likeness (QED) is 0.805. The highest BCUT2D eigenvalue weighted by Crippen LogP contribution is 2.61. The zero-order chi connectivity index (χ0) is 20.2. The van der Waals surface area contributed by atoms with E-state index >= 15 is 0 Å². The number of rotatable bonds is 1. The second-order valence-corrected chi connectivity index (χ2v) is 8.16. The molecule has 1 saturated heterocycles. The fourth-order valence-electron chi connectivity index (χ4n) is 4.90. The van der Waals surface area contributed by atoms with E-state index in [0.717, 1.165) is 49.2 Å². The SMILES string of the molecule is C=C1/C(=C\C=C(/C)F)CCCNC(=O)c2cnn3ccc(nc23)N2CC[C@H]3C[C@]132. The predicted octanol–water partition coefficient (Wildman–Crippen LogP) is 3.58. The first kappa shape index (κ1) is 18.1. The Hall–Kier alpha value is -2.96. The second kappa shape index (κ2) is 6.54. The standard InChI is InChI=1S/C22H24FN5O/c1-14(23)5-6-16-4-3-9-24-21(29)18-13-25-28-11-8-19(26-20(18)28)27-10-7-17-12-22(17,27)15(16)2/h5-6,8,11,13,17H,2-4,7,9-10,12H2,1H3,(H,24,29)/b14-5+,16-6-/t17-,22-/m0/s1. The fraction of sp³-hybridized carbons (Fsp3) is 0.409. The highest BCUT2D eigenvalue weighted by Gasteiger charge is 2.64. The van der Waals surface area contributed by atoms with Gasteiger partial charge < -0.3 is 10.2 Å². The molecule has 3 aliphatic rings. The van der Waals surface area contributed by atoms with Crippen LogP contribution in [0.25, 0.3) is 5.65 Å². The molecule has 6 nitrogen and oxygen atoms in total. The van der Waals surface area contributed by atoms with Gasteiger partial charge in [0.15, 0.2) is 5.65 Å². The summed E-state index contributed by atoms with van der Waals surface area (Å²) >= 11 is 0. The van der Waals surface area contributed by atoms with Gasteiger partial charge in [0.2, 0.25) is 0 Å². The number of carbonyl (C=O) groups is 1. The van der Waals surface area contributed by atoms with Crippen LogP contribution < -0.4 is 10.2 Å². The normalized spacial score (nSPS) is 28.6. The van der Waals surface area contributed by atoms with Gasteiger partial charge in [-0.2, -0.15) is 5.10 Å². The van der Waals surface area contributed by atoms with Gasteiger partial charge in [0.1, 0.15) is 11.4 Å². The Labute approximate surface area is 168 Å². The van der Waals surface area contributed by atoms with E-state index in [0.29, 0.717) is 23.7 Å². The summed E-state index contributed by atoms with van der Waals surface area (Å²) in [6.45, 7) is 7.34. The van der Waals surface area contributed by atoms with Crippen LogP contribution in [-0.4, -0.2) is 39.1 Å². The number of carbonyl (C=O) groups excluding carboxylic acids is 1. The lowest BCUT2D eigenvalue weighted by molar-refractivity contribution is 0.0954. The van der Waals surface area contributed by atoms with E-state index in [9.17, 15) is 9.18 Å². The first-order valence-corrected chi connectivity index (χ1v) is 10.1. The van der Waals surface area contributed by atoms with Gasteiger partial charge in [-0.05, 0) is 61.8 Å². The highest BCUT2D eigenvalue weighted by molar-refractivity contribution is 5.99. The number of piperidine rings is 1. The number of amides is 1. The van der Waals surface area contributed by atoms with Gasteiger partial charge in [0, 0.05) is 19.3 Å². The van der Waals surface area contributed by atoms with Crippen LogP contribution >= 0.6 is 0 Å². The van der Waals surface area contributed by atoms with Gasteiger partial charge in [-0.25, -0.2) is 13.9 Å². The molecule has 5 rings (SSSR count). The van der Waals surface area contributed by atoms with E-state index in [1.165, 1.54) is 13.0 Å². The van der Waals surface area contributed by atoms with Crippen LogP contribution in [0.4, 0.5) is 10.2 Å². The maximum Gasteiger partial charge on any atom is 0.256 e. The van der Waals surface area contributed by atoms with Gasteiger partial charge in [-0.15, -0.1) is 0 Å². The minimum absolute atomic E-state index is 0.152. The average Bonchev–Trinajstić information content (AvgIpc) is 3.09. The van der Waals surface area contributed by atoms with Crippen LogP contribution in [0.3, 0.4) is 0 Å². The summed E-state index contributed by atoms with van der Waals surface area (Å²) in [4.78, 5) is 19.8. The largest absolute Gasteiger partial charge is 0.352 e. The molecular formula is C22H24FN5O. The summed E-state index contributed by atoms with van der Waals surface area (Å²) in [6, 6.07) is 1.95. The smallest absolute Gasteiger partial charge is 0.256 e. The van der Waals surface area contributed by atoms with Gasteiger partial charge in [-0.1, -0.05) is 12.7 Å². The lowest BCUT2D eigenvalue weighted by Gasteiger charge is -2.32. The number of fused-ring (bicyclic) bond motifs is 2. The molecule has 2 fully saturated rings.